The van der Waals surface area contributed by atoms with Gasteiger partial charge in [0.05, 0.1) is 17.6 Å². The van der Waals surface area contributed by atoms with Gasteiger partial charge in [-0.25, -0.2) is 13.4 Å². The number of aryl methyl sites for hydroxylation is 1. The van der Waals surface area contributed by atoms with Crippen molar-refractivity contribution in [1.82, 2.24) is 18.6 Å². The fourth-order valence-corrected chi connectivity index (χ4v) is 5.08. The molecule has 0 bridgehead atoms. The molecule has 6 nitrogen and oxygen atoms in total. The van der Waals surface area contributed by atoms with Gasteiger partial charge >= 0.3 is 0 Å². The number of sulfonamides is 1. The second-order valence-corrected chi connectivity index (χ2v) is 9.90. The van der Waals surface area contributed by atoms with Crippen LogP contribution in [0.15, 0.2) is 36.5 Å². The van der Waals surface area contributed by atoms with E-state index in [0.29, 0.717) is 13.1 Å². The highest BCUT2D eigenvalue weighted by Crippen LogP contribution is 2.29. The number of thiazole rings is 1. The molecule has 1 aliphatic rings. The first kappa shape index (κ1) is 17.7. The van der Waals surface area contributed by atoms with Crippen LogP contribution in [-0.4, -0.2) is 59.4 Å². The summed E-state index contributed by atoms with van der Waals surface area (Å²) in [7, 11) is -3.10. The largest absolute Gasteiger partial charge is 0.295 e. The zero-order valence-corrected chi connectivity index (χ0v) is 16.6. The lowest BCUT2D eigenvalue weighted by Gasteiger charge is -2.33. The van der Waals surface area contributed by atoms with Gasteiger partial charge in [-0.1, -0.05) is 30.3 Å². The van der Waals surface area contributed by atoms with Crippen molar-refractivity contribution < 1.29 is 8.42 Å². The van der Waals surface area contributed by atoms with Gasteiger partial charge < -0.3 is 0 Å². The maximum Gasteiger partial charge on any atom is 0.211 e. The molecule has 8 heteroatoms. The number of benzene rings is 1. The summed E-state index contributed by atoms with van der Waals surface area (Å²) in [4.78, 5) is 9.42. The van der Waals surface area contributed by atoms with Gasteiger partial charge in [0, 0.05) is 49.4 Å². The van der Waals surface area contributed by atoms with E-state index in [2.05, 4.69) is 34.6 Å². The van der Waals surface area contributed by atoms with Crippen molar-refractivity contribution >= 4 is 26.3 Å². The van der Waals surface area contributed by atoms with E-state index >= 15 is 0 Å². The van der Waals surface area contributed by atoms with Crippen molar-refractivity contribution in [3.63, 3.8) is 0 Å². The average Bonchev–Trinajstić information content (AvgIpc) is 3.13. The smallest absolute Gasteiger partial charge is 0.211 e. The molecule has 1 aromatic carbocycles. The van der Waals surface area contributed by atoms with Gasteiger partial charge in [0.15, 0.2) is 4.96 Å². The monoisotopic (exact) mass is 390 g/mol. The van der Waals surface area contributed by atoms with Gasteiger partial charge in [0.1, 0.15) is 0 Å². The molecule has 138 valence electrons. The number of piperazine rings is 1. The summed E-state index contributed by atoms with van der Waals surface area (Å²) in [6.45, 7) is 5.42. The van der Waals surface area contributed by atoms with E-state index in [9.17, 15) is 8.42 Å². The van der Waals surface area contributed by atoms with Crippen LogP contribution in [-0.2, 0) is 16.6 Å². The SMILES string of the molecule is Cc1cn2c(CN3CCN(S(C)(=O)=O)CC3)c(-c3ccccc3)nc2s1. The average molecular weight is 391 g/mol. The number of nitrogens with zero attached hydrogens (tertiary/aromatic N) is 4. The molecule has 2 aromatic heterocycles. The normalized spacial score (nSPS) is 17.2. The van der Waals surface area contributed by atoms with Crippen LogP contribution in [0.5, 0.6) is 0 Å². The lowest BCUT2D eigenvalue weighted by molar-refractivity contribution is 0.180. The Bertz CT molecular complexity index is 1020. The summed E-state index contributed by atoms with van der Waals surface area (Å²) in [5, 5.41) is 0. The van der Waals surface area contributed by atoms with E-state index in [1.165, 1.54) is 16.8 Å². The third-order valence-corrected chi connectivity index (χ3v) is 6.96. The maximum absolute atomic E-state index is 11.7. The second kappa shape index (κ2) is 6.77. The molecule has 0 radical (unpaired) electrons. The number of rotatable bonds is 4. The Balaban J connectivity index is 1.63. The third kappa shape index (κ3) is 3.42. The zero-order valence-electron chi connectivity index (χ0n) is 14.9. The van der Waals surface area contributed by atoms with Crippen LogP contribution >= 0.6 is 11.3 Å². The van der Waals surface area contributed by atoms with Crippen LogP contribution in [0, 0.1) is 6.92 Å². The Morgan fingerprint density at radius 2 is 1.81 bits per heavy atom. The molecule has 0 saturated carbocycles. The fraction of sp³-hybridized carbons (Fsp3) is 0.389. The molecule has 3 heterocycles. The van der Waals surface area contributed by atoms with Crippen LogP contribution in [0.4, 0.5) is 0 Å². The van der Waals surface area contributed by atoms with Gasteiger partial charge in [0.2, 0.25) is 10.0 Å². The van der Waals surface area contributed by atoms with E-state index in [4.69, 9.17) is 4.98 Å². The third-order valence-electron chi connectivity index (χ3n) is 4.76. The van der Waals surface area contributed by atoms with Gasteiger partial charge in [0.25, 0.3) is 0 Å². The number of aromatic nitrogens is 2. The van der Waals surface area contributed by atoms with Crippen molar-refractivity contribution in [2.75, 3.05) is 32.4 Å². The van der Waals surface area contributed by atoms with Gasteiger partial charge in [-0.05, 0) is 6.92 Å². The van der Waals surface area contributed by atoms with E-state index in [0.717, 1.165) is 35.9 Å². The number of hydrogen-bond donors (Lipinski definition) is 0. The summed E-state index contributed by atoms with van der Waals surface area (Å²) in [6, 6.07) is 10.2. The standard InChI is InChI=1S/C18H22N4O2S2/c1-14-12-22-16(13-20-8-10-21(11-9-20)26(2,23)24)17(19-18(22)25-14)15-6-4-3-5-7-15/h3-7,12H,8-11,13H2,1-2H3. The molecule has 0 amide bonds. The molecule has 0 unspecified atom stereocenters. The molecule has 26 heavy (non-hydrogen) atoms. The van der Waals surface area contributed by atoms with Gasteiger partial charge in [-0.15, -0.1) is 11.3 Å². The fourth-order valence-electron chi connectivity index (χ4n) is 3.41. The Hall–Kier alpha value is -1.74. The molecule has 3 aromatic rings. The van der Waals surface area contributed by atoms with Crippen LogP contribution in [0.1, 0.15) is 10.6 Å². The Kier molecular flexibility index (Phi) is 4.60. The van der Waals surface area contributed by atoms with Gasteiger partial charge in [-0.3, -0.25) is 9.30 Å². The Morgan fingerprint density at radius 1 is 1.12 bits per heavy atom. The lowest BCUT2D eigenvalue weighted by atomic mass is 10.1. The van der Waals surface area contributed by atoms with Crippen LogP contribution < -0.4 is 0 Å². The number of fused-ring (bicyclic) bond motifs is 1. The maximum atomic E-state index is 11.7. The van der Waals surface area contributed by atoms with Crippen LogP contribution in [0.2, 0.25) is 0 Å². The predicted molar refractivity (Wildman–Crippen MR) is 105 cm³/mol. The summed E-state index contributed by atoms with van der Waals surface area (Å²) in [5.41, 5.74) is 3.30. The summed E-state index contributed by atoms with van der Waals surface area (Å²) < 4.78 is 27.2. The molecule has 0 atom stereocenters. The van der Waals surface area contributed by atoms with Crippen molar-refractivity contribution in [3.05, 3.63) is 47.1 Å². The second-order valence-electron chi connectivity index (χ2n) is 6.71. The van der Waals surface area contributed by atoms with E-state index < -0.39 is 10.0 Å². The quantitative estimate of drug-likeness (QED) is 0.687. The minimum absolute atomic E-state index is 0.546. The number of imidazole rings is 1. The van der Waals surface area contributed by atoms with Crippen LogP contribution in [0.3, 0.4) is 0 Å². The first-order chi connectivity index (χ1) is 12.4. The molecule has 1 fully saturated rings. The molecule has 0 N–H and O–H groups in total. The summed E-state index contributed by atoms with van der Waals surface area (Å²) >= 11 is 1.69. The van der Waals surface area contributed by atoms with Crippen molar-refractivity contribution in [2.45, 2.75) is 13.5 Å². The zero-order chi connectivity index (χ0) is 18.3. The molecule has 1 aliphatic heterocycles. The summed E-state index contributed by atoms with van der Waals surface area (Å²) in [5.74, 6) is 0. The topological polar surface area (TPSA) is 57.9 Å². The van der Waals surface area contributed by atoms with Gasteiger partial charge in [-0.2, -0.15) is 4.31 Å². The molecular formula is C18H22N4O2S2. The van der Waals surface area contributed by atoms with E-state index in [-0.39, 0.29) is 0 Å². The highest BCUT2D eigenvalue weighted by Gasteiger charge is 2.25. The lowest BCUT2D eigenvalue weighted by Crippen LogP contribution is -2.47. The highest BCUT2D eigenvalue weighted by atomic mass is 32.2. The van der Waals surface area contributed by atoms with E-state index in [1.807, 2.05) is 18.2 Å². The predicted octanol–water partition coefficient (Wildman–Crippen LogP) is 2.45. The van der Waals surface area contributed by atoms with Crippen LogP contribution in [0.25, 0.3) is 16.2 Å². The molecule has 4 rings (SSSR count). The first-order valence-electron chi connectivity index (χ1n) is 8.62. The molecular weight excluding hydrogens is 368 g/mol. The highest BCUT2D eigenvalue weighted by molar-refractivity contribution is 7.88. The van der Waals surface area contributed by atoms with Crippen molar-refractivity contribution in [3.8, 4) is 11.3 Å². The van der Waals surface area contributed by atoms with E-state index in [1.54, 1.807) is 15.6 Å². The molecule has 0 aliphatic carbocycles. The minimum atomic E-state index is -3.10. The first-order valence-corrected chi connectivity index (χ1v) is 11.3. The molecule has 1 saturated heterocycles. The Morgan fingerprint density at radius 3 is 2.46 bits per heavy atom. The molecule has 0 spiro atoms. The number of hydrogen-bond acceptors (Lipinski definition) is 5. The van der Waals surface area contributed by atoms with Crippen molar-refractivity contribution in [1.29, 1.82) is 0 Å². The summed E-state index contributed by atoms with van der Waals surface area (Å²) in [6.07, 6.45) is 3.42. The minimum Gasteiger partial charge on any atom is -0.295 e. The Labute approximate surface area is 157 Å². The van der Waals surface area contributed by atoms with Crippen molar-refractivity contribution in [2.24, 2.45) is 0 Å².